The lowest BCUT2D eigenvalue weighted by atomic mass is 9.89. The van der Waals surface area contributed by atoms with Gasteiger partial charge in [-0.2, -0.15) is 5.10 Å². The standard InChI is InChI=1S/C6H10N2O/c1-4-6(2,3)5(9)8-7-4/h1-3H3,(H,8,9). The van der Waals surface area contributed by atoms with Crippen molar-refractivity contribution in [1.82, 2.24) is 5.43 Å². The highest BCUT2D eigenvalue weighted by Crippen LogP contribution is 2.21. The fourth-order valence-corrected chi connectivity index (χ4v) is 0.578. The van der Waals surface area contributed by atoms with Crippen molar-refractivity contribution in [1.29, 1.82) is 0 Å². The molecule has 0 aliphatic carbocycles. The largest absolute Gasteiger partial charge is 0.272 e. The van der Waals surface area contributed by atoms with Gasteiger partial charge in [0.2, 0.25) is 0 Å². The zero-order chi connectivity index (χ0) is 7.07. The smallest absolute Gasteiger partial charge is 0.251 e. The Labute approximate surface area is 54.1 Å². The molecule has 3 heteroatoms. The third-order valence-corrected chi connectivity index (χ3v) is 1.80. The highest BCUT2D eigenvalue weighted by atomic mass is 16.2. The molecule has 0 atom stereocenters. The number of amides is 1. The lowest BCUT2D eigenvalue weighted by Gasteiger charge is -2.12. The van der Waals surface area contributed by atoms with E-state index in [-0.39, 0.29) is 11.3 Å². The van der Waals surface area contributed by atoms with E-state index in [1.54, 1.807) is 0 Å². The van der Waals surface area contributed by atoms with Crippen LogP contribution in [0.1, 0.15) is 20.8 Å². The van der Waals surface area contributed by atoms with Crippen molar-refractivity contribution in [3.63, 3.8) is 0 Å². The lowest BCUT2D eigenvalue weighted by Crippen LogP contribution is -2.30. The molecule has 9 heavy (non-hydrogen) atoms. The van der Waals surface area contributed by atoms with Crippen LogP contribution in [0.15, 0.2) is 5.10 Å². The van der Waals surface area contributed by atoms with E-state index in [9.17, 15) is 4.79 Å². The van der Waals surface area contributed by atoms with Crippen LogP contribution in [0, 0.1) is 5.41 Å². The van der Waals surface area contributed by atoms with Gasteiger partial charge in [0.25, 0.3) is 5.91 Å². The minimum atomic E-state index is -0.389. The summed E-state index contributed by atoms with van der Waals surface area (Å²) in [4.78, 5) is 10.9. The molecule has 3 nitrogen and oxygen atoms in total. The van der Waals surface area contributed by atoms with E-state index >= 15 is 0 Å². The van der Waals surface area contributed by atoms with Crippen LogP contribution in [0.3, 0.4) is 0 Å². The Morgan fingerprint density at radius 3 is 2.22 bits per heavy atom. The molecule has 1 aliphatic heterocycles. The summed E-state index contributed by atoms with van der Waals surface area (Å²) in [5.74, 6) is -0.0139. The van der Waals surface area contributed by atoms with Gasteiger partial charge in [0.15, 0.2) is 0 Å². The average Bonchev–Trinajstić information content (AvgIpc) is 1.96. The van der Waals surface area contributed by atoms with Gasteiger partial charge in [0.05, 0.1) is 11.1 Å². The van der Waals surface area contributed by atoms with Crippen molar-refractivity contribution in [3.05, 3.63) is 0 Å². The molecule has 0 bridgehead atoms. The van der Waals surface area contributed by atoms with E-state index in [0.717, 1.165) is 5.71 Å². The van der Waals surface area contributed by atoms with Gasteiger partial charge in [0, 0.05) is 0 Å². The summed E-state index contributed by atoms with van der Waals surface area (Å²) in [5.41, 5.74) is 2.87. The van der Waals surface area contributed by atoms with Gasteiger partial charge in [0.1, 0.15) is 0 Å². The lowest BCUT2D eigenvalue weighted by molar-refractivity contribution is -0.125. The Balaban J connectivity index is 2.93. The minimum absolute atomic E-state index is 0.0139. The van der Waals surface area contributed by atoms with Gasteiger partial charge < -0.3 is 0 Å². The molecule has 1 rings (SSSR count). The van der Waals surface area contributed by atoms with Crippen LogP contribution in [0.2, 0.25) is 0 Å². The highest BCUT2D eigenvalue weighted by Gasteiger charge is 2.35. The van der Waals surface area contributed by atoms with Gasteiger partial charge >= 0.3 is 0 Å². The SMILES string of the molecule is CC1=NNC(=O)C1(C)C. The van der Waals surface area contributed by atoms with Crippen molar-refractivity contribution < 1.29 is 4.79 Å². The summed E-state index contributed by atoms with van der Waals surface area (Å²) in [6.45, 7) is 5.56. The van der Waals surface area contributed by atoms with Gasteiger partial charge in [-0.25, -0.2) is 5.43 Å². The number of hydrogen-bond donors (Lipinski definition) is 1. The number of carbonyl (C=O) groups is 1. The molecule has 0 spiro atoms. The first kappa shape index (κ1) is 6.26. The van der Waals surface area contributed by atoms with E-state index in [1.165, 1.54) is 0 Å². The second-order valence-corrected chi connectivity index (χ2v) is 2.76. The van der Waals surface area contributed by atoms with E-state index in [0.29, 0.717) is 0 Å². The summed E-state index contributed by atoms with van der Waals surface area (Å²) >= 11 is 0. The van der Waals surface area contributed by atoms with Gasteiger partial charge in [-0.3, -0.25) is 4.79 Å². The molecule has 0 radical (unpaired) electrons. The summed E-state index contributed by atoms with van der Waals surface area (Å²) in [6, 6.07) is 0. The fraction of sp³-hybridized carbons (Fsp3) is 0.667. The minimum Gasteiger partial charge on any atom is -0.272 e. The molecule has 0 saturated heterocycles. The molecule has 0 fully saturated rings. The van der Waals surface area contributed by atoms with Crippen LogP contribution in [-0.2, 0) is 4.79 Å². The molecule has 1 N–H and O–H groups in total. The summed E-state index contributed by atoms with van der Waals surface area (Å²) in [5, 5.41) is 3.79. The van der Waals surface area contributed by atoms with Crippen LogP contribution in [-0.4, -0.2) is 11.6 Å². The molecule has 1 heterocycles. The number of hydrazone groups is 1. The predicted molar refractivity (Wildman–Crippen MR) is 35.0 cm³/mol. The Morgan fingerprint density at radius 1 is 1.56 bits per heavy atom. The van der Waals surface area contributed by atoms with Gasteiger partial charge in [-0.05, 0) is 20.8 Å². The maximum atomic E-state index is 10.9. The topological polar surface area (TPSA) is 41.5 Å². The maximum absolute atomic E-state index is 10.9. The van der Waals surface area contributed by atoms with Crippen molar-refractivity contribution in [2.45, 2.75) is 20.8 Å². The zero-order valence-corrected chi connectivity index (χ0v) is 5.86. The van der Waals surface area contributed by atoms with Gasteiger partial charge in [-0.15, -0.1) is 0 Å². The fourth-order valence-electron chi connectivity index (χ4n) is 0.578. The second kappa shape index (κ2) is 1.56. The Hall–Kier alpha value is -0.860. The normalized spacial score (nSPS) is 23.4. The number of carbonyl (C=O) groups excluding carboxylic acids is 1. The molecule has 0 aromatic rings. The van der Waals surface area contributed by atoms with Crippen LogP contribution in [0.4, 0.5) is 0 Å². The van der Waals surface area contributed by atoms with Crippen LogP contribution in [0.25, 0.3) is 0 Å². The number of rotatable bonds is 0. The summed E-state index contributed by atoms with van der Waals surface area (Å²) in [7, 11) is 0. The van der Waals surface area contributed by atoms with Gasteiger partial charge in [-0.1, -0.05) is 0 Å². The molecule has 0 saturated carbocycles. The zero-order valence-electron chi connectivity index (χ0n) is 5.86. The monoisotopic (exact) mass is 126 g/mol. The van der Waals surface area contributed by atoms with Crippen LogP contribution < -0.4 is 5.43 Å². The molecule has 1 amide bonds. The molecule has 0 unspecified atom stereocenters. The molecule has 0 aromatic carbocycles. The quantitative estimate of drug-likeness (QED) is 0.505. The van der Waals surface area contributed by atoms with Crippen molar-refractivity contribution in [3.8, 4) is 0 Å². The predicted octanol–water partition coefficient (Wildman–Crippen LogP) is 0.518. The third-order valence-electron chi connectivity index (χ3n) is 1.80. The maximum Gasteiger partial charge on any atom is 0.251 e. The van der Waals surface area contributed by atoms with Crippen molar-refractivity contribution in [2.75, 3.05) is 0 Å². The third kappa shape index (κ3) is 0.724. The average molecular weight is 126 g/mol. The van der Waals surface area contributed by atoms with Crippen LogP contribution in [0.5, 0.6) is 0 Å². The Morgan fingerprint density at radius 2 is 2.11 bits per heavy atom. The second-order valence-electron chi connectivity index (χ2n) is 2.76. The Kier molecular flexibility index (Phi) is 1.08. The molecular weight excluding hydrogens is 116 g/mol. The molecule has 50 valence electrons. The van der Waals surface area contributed by atoms with Crippen LogP contribution >= 0.6 is 0 Å². The van der Waals surface area contributed by atoms with E-state index in [1.807, 2.05) is 20.8 Å². The molecule has 1 aliphatic rings. The van der Waals surface area contributed by atoms with Crippen molar-refractivity contribution >= 4 is 11.6 Å². The number of hydrogen-bond acceptors (Lipinski definition) is 2. The number of nitrogens with one attached hydrogen (secondary N) is 1. The first-order chi connectivity index (χ1) is 4.05. The first-order valence-corrected chi connectivity index (χ1v) is 2.90. The van der Waals surface area contributed by atoms with Crippen molar-refractivity contribution in [2.24, 2.45) is 10.5 Å². The van der Waals surface area contributed by atoms with E-state index < -0.39 is 0 Å². The molecular formula is C6H10N2O. The van der Waals surface area contributed by atoms with E-state index in [2.05, 4.69) is 10.5 Å². The highest BCUT2D eigenvalue weighted by molar-refractivity contribution is 6.10. The summed E-state index contributed by atoms with van der Waals surface area (Å²) < 4.78 is 0. The van der Waals surface area contributed by atoms with E-state index in [4.69, 9.17) is 0 Å². The number of nitrogens with zero attached hydrogens (tertiary/aromatic N) is 1. The molecule has 0 aromatic heterocycles. The summed E-state index contributed by atoms with van der Waals surface area (Å²) in [6.07, 6.45) is 0. The first-order valence-electron chi connectivity index (χ1n) is 2.90. The Bertz CT molecular complexity index is 181.